The van der Waals surface area contributed by atoms with Crippen molar-refractivity contribution in [3.63, 3.8) is 0 Å². The Labute approximate surface area is 87.2 Å². The van der Waals surface area contributed by atoms with Gasteiger partial charge in [-0.25, -0.2) is 9.67 Å². The van der Waals surface area contributed by atoms with Gasteiger partial charge >= 0.3 is 0 Å². The van der Waals surface area contributed by atoms with Crippen LogP contribution in [-0.4, -0.2) is 14.8 Å². The second-order valence-corrected chi connectivity index (χ2v) is 3.29. The molecular formula is C11H11N3O. The van der Waals surface area contributed by atoms with Gasteiger partial charge in [0.15, 0.2) is 0 Å². The second-order valence-electron chi connectivity index (χ2n) is 3.29. The zero-order valence-electron chi connectivity index (χ0n) is 8.42. The lowest BCUT2D eigenvalue weighted by Gasteiger charge is -2.03. The Kier molecular flexibility index (Phi) is 2.58. The highest BCUT2D eigenvalue weighted by atomic mass is 16.1. The Morgan fingerprint density at radius 3 is 2.73 bits per heavy atom. The van der Waals surface area contributed by atoms with E-state index in [2.05, 4.69) is 10.1 Å². The summed E-state index contributed by atoms with van der Waals surface area (Å²) in [4.78, 5) is 15.4. The van der Waals surface area contributed by atoms with Gasteiger partial charge in [-0.15, -0.1) is 0 Å². The van der Waals surface area contributed by atoms with Crippen molar-refractivity contribution < 1.29 is 0 Å². The number of hydrogen-bond acceptors (Lipinski definition) is 3. The van der Waals surface area contributed by atoms with Gasteiger partial charge in [0, 0.05) is 0 Å². The van der Waals surface area contributed by atoms with Crippen LogP contribution in [0, 0.1) is 6.92 Å². The Morgan fingerprint density at radius 1 is 1.27 bits per heavy atom. The van der Waals surface area contributed by atoms with Crippen molar-refractivity contribution in [3.05, 3.63) is 58.3 Å². The minimum atomic E-state index is -0.138. The minimum absolute atomic E-state index is 0.138. The first-order chi connectivity index (χ1) is 7.27. The maximum absolute atomic E-state index is 11.6. The van der Waals surface area contributed by atoms with Crippen LogP contribution in [-0.2, 0) is 6.54 Å². The summed E-state index contributed by atoms with van der Waals surface area (Å²) in [7, 11) is 0. The van der Waals surface area contributed by atoms with Crippen LogP contribution in [0.4, 0.5) is 0 Å². The molecule has 0 aliphatic carbocycles. The molecule has 0 radical (unpaired) electrons. The third-order valence-corrected chi connectivity index (χ3v) is 2.16. The Morgan fingerprint density at radius 2 is 2.00 bits per heavy atom. The lowest BCUT2D eigenvalue weighted by Crippen LogP contribution is -2.26. The normalized spacial score (nSPS) is 10.2. The molecule has 0 amide bonds. The fraction of sp³-hybridized carbons (Fsp3) is 0.182. The molecule has 1 aromatic carbocycles. The van der Waals surface area contributed by atoms with Gasteiger partial charge in [0.1, 0.15) is 12.0 Å². The highest BCUT2D eigenvalue weighted by Crippen LogP contribution is 1.98. The SMILES string of the molecule is Cc1ncnn(Cc2ccccc2)c1=O. The molecular weight excluding hydrogens is 190 g/mol. The highest BCUT2D eigenvalue weighted by molar-refractivity contribution is 5.14. The van der Waals surface area contributed by atoms with E-state index in [1.165, 1.54) is 11.0 Å². The first-order valence-corrected chi connectivity index (χ1v) is 4.70. The van der Waals surface area contributed by atoms with Crippen molar-refractivity contribution in [2.45, 2.75) is 13.5 Å². The molecule has 1 heterocycles. The monoisotopic (exact) mass is 201 g/mol. The van der Waals surface area contributed by atoms with Crippen molar-refractivity contribution in [1.29, 1.82) is 0 Å². The van der Waals surface area contributed by atoms with Gasteiger partial charge in [0.2, 0.25) is 0 Å². The maximum Gasteiger partial charge on any atom is 0.288 e. The summed E-state index contributed by atoms with van der Waals surface area (Å²) in [5.74, 6) is 0. The molecule has 0 saturated heterocycles. The lowest BCUT2D eigenvalue weighted by molar-refractivity contribution is 0.617. The summed E-state index contributed by atoms with van der Waals surface area (Å²) in [5, 5.41) is 3.93. The molecule has 4 nitrogen and oxygen atoms in total. The first kappa shape index (κ1) is 9.58. The second kappa shape index (κ2) is 4.04. The van der Waals surface area contributed by atoms with Gasteiger partial charge in [-0.2, -0.15) is 5.10 Å². The van der Waals surface area contributed by atoms with Crippen molar-refractivity contribution in [3.8, 4) is 0 Å². The molecule has 0 atom stereocenters. The standard InChI is InChI=1S/C11H11N3O/c1-9-11(15)14(13-8-12-9)7-10-5-3-2-4-6-10/h2-6,8H,7H2,1H3. The highest BCUT2D eigenvalue weighted by Gasteiger charge is 2.01. The van der Waals surface area contributed by atoms with E-state index in [0.717, 1.165) is 5.56 Å². The molecule has 76 valence electrons. The Bertz CT molecular complexity index is 505. The smallest absolute Gasteiger partial charge is 0.266 e. The summed E-state index contributed by atoms with van der Waals surface area (Å²) in [6, 6.07) is 9.74. The molecule has 2 rings (SSSR count). The van der Waals surface area contributed by atoms with Crippen molar-refractivity contribution in [2.75, 3.05) is 0 Å². The van der Waals surface area contributed by atoms with Crippen LogP contribution in [0.15, 0.2) is 41.5 Å². The number of aromatic nitrogens is 3. The first-order valence-electron chi connectivity index (χ1n) is 4.70. The molecule has 0 saturated carbocycles. The van der Waals surface area contributed by atoms with Gasteiger partial charge in [-0.05, 0) is 12.5 Å². The van der Waals surface area contributed by atoms with Crippen LogP contribution >= 0.6 is 0 Å². The van der Waals surface area contributed by atoms with Crippen molar-refractivity contribution in [2.24, 2.45) is 0 Å². The summed E-state index contributed by atoms with van der Waals surface area (Å²) >= 11 is 0. The largest absolute Gasteiger partial charge is 0.288 e. The van der Waals surface area contributed by atoms with E-state index in [-0.39, 0.29) is 5.56 Å². The van der Waals surface area contributed by atoms with Crippen LogP contribution in [0.1, 0.15) is 11.3 Å². The number of benzene rings is 1. The molecule has 0 N–H and O–H groups in total. The van der Waals surface area contributed by atoms with Gasteiger partial charge < -0.3 is 0 Å². The summed E-state index contributed by atoms with van der Waals surface area (Å²) < 4.78 is 1.41. The van der Waals surface area contributed by atoms with Gasteiger partial charge in [-0.1, -0.05) is 30.3 Å². The van der Waals surface area contributed by atoms with Crippen LogP contribution in [0.2, 0.25) is 0 Å². The van der Waals surface area contributed by atoms with Gasteiger partial charge in [0.25, 0.3) is 5.56 Å². The van der Waals surface area contributed by atoms with E-state index in [1.54, 1.807) is 6.92 Å². The predicted molar refractivity (Wildman–Crippen MR) is 56.6 cm³/mol. The lowest BCUT2D eigenvalue weighted by atomic mass is 10.2. The van der Waals surface area contributed by atoms with E-state index in [4.69, 9.17) is 0 Å². The topological polar surface area (TPSA) is 47.8 Å². The molecule has 4 heteroatoms. The molecule has 0 fully saturated rings. The number of aryl methyl sites for hydroxylation is 1. The predicted octanol–water partition coefficient (Wildman–Crippen LogP) is 0.995. The molecule has 0 unspecified atom stereocenters. The zero-order chi connectivity index (χ0) is 10.7. The molecule has 15 heavy (non-hydrogen) atoms. The van der Waals surface area contributed by atoms with Crippen LogP contribution in [0.25, 0.3) is 0 Å². The molecule has 0 spiro atoms. The Hall–Kier alpha value is -1.97. The number of hydrogen-bond donors (Lipinski definition) is 0. The summed E-state index contributed by atoms with van der Waals surface area (Å²) in [5.41, 5.74) is 1.39. The van der Waals surface area contributed by atoms with Crippen molar-refractivity contribution in [1.82, 2.24) is 14.8 Å². The van der Waals surface area contributed by atoms with E-state index >= 15 is 0 Å². The average Bonchev–Trinajstić information content (AvgIpc) is 2.26. The summed E-state index contributed by atoms with van der Waals surface area (Å²) in [6.07, 6.45) is 1.40. The van der Waals surface area contributed by atoms with Gasteiger partial charge in [0.05, 0.1) is 6.54 Å². The third-order valence-electron chi connectivity index (χ3n) is 2.16. The Balaban J connectivity index is 2.33. The number of rotatable bonds is 2. The molecule has 0 bridgehead atoms. The van der Waals surface area contributed by atoms with E-state index in [1.807, 2.05) is 30.3 Å². The number of nitrogens with zero attached hydrogens (tertiary/aromatic N) is 3. The minimum Gasteiger partial charge on any atom is -0.266 e. The summed E-state index contributed by atoms with van der Waals surface area (Å²) in [6.45, 7) is 2.18. The van der Waals surface area contributed by atoms with E-state index < -0.39 is 0 Å². The van der Waals surface area contributed by atoms with Gasteiger partial charge in [-0.3, -0.25) is 4.79 Å². The van der Waals surface area contributed by atoms with Crippen LogP contribution in [0.3, 0.4) is 0 Å². The average molecular weight is 201 g/mol. The fourth-order valence-corrected chi connectivity index (χ4v) is 1.34. The molecule has 2 aromatic rings. The molecule has 0 aliphatic heterocycles. The van der Waals surface area contributed by atoms with E-state index in [0.29, 0.717) is 12.2 Å². The van der Waals surface area contributed by atoms with Crippen LogP contribution < -0.4 is 5.56 Å². The van der Waals surface area contributed by atoms with Crippen LogP contribution in [0.5, 0.6) is 0 Å². The fourth-order valence-electron chi connectivity index (χ4n) is 1.34. The maximum atomic E-state index is 11.6. The third kappa shape index (κ3) is 2.10. The van der Waals surface area contributed by atoms with E-state index in [9.17, 15) is 4.79 Å². The molecule has 1 aromatic heterocycles. The molecule has 0 aliphatic rings. The quantitative estimate of drug-likeness (QED) is 0.728. The van der Waals surface area contributed by atoms with Crippen molar-refractivity contribution >= 4 is 0 Å². The zero-order valence-corrected chi connectivity index (χ0v) is 8.42.